The summed E-state index contributed by atoms with van der Waals surface area (Å²) < 4.78 is 0. The van der Waals surface area contributed by atoms with Gasteiger partial charge in [0, 0.05) is 6.04 Å². The van der Waals surface area contributed by atoms with Gasteiger partial charge in [0.05, 0.1) is 24.9 Å². The van der Waals surface area contributed by atoms with Crippen molar-refractivity contribution < 1.29 is 15.3 Å². The summed E-state index contributed by atoms with van der Waals surface area (Å²) in [5, 5.41) is 28.1. The standard InChI is InChI=1S/C8H15NO3/c10-4-6-8(12)7(11)5-2-1-3-9(5)6/h5-8,10-12H,1-4H2/t5-,6+,7-,8-/m1/s1. The predicted molar refractivity (Wildman–Crippen MR) is 42.6 cm³/mol. The Kier molecular flexibility index (Phi) is 2.08. The Morgan fingerprint density at radius 2 is 2.00 bits per heavy atom. The first-order valence-electron chi connectivity index (χ1n) is 4.48. The fourth-order valence-electron chi connectivity index (χ4n) is 2.46. The van der Waals surface area contributed by atoms with E-state index in [4.69, 9.17) is 5.11 Å². The Balaban J connectivity index is 2.15. The fourth-order valence-corrected chi connectivity index (χ4v) is 2.46. The van der Waals surface area contributed by atoms with Gasteiger partial charge in [0.2, 0.25) is 0 Å². The molecule has 2 rings (SSSR count). The van der Waals surface area contributed by atoms with Crippen LogP contribution in [-0.2, 0) is 0 Å². The molecule has 0 aromatic heterocycles. The zero-order chi connectivity index (χ0) is 8.72. The van der Waals surface area contributed by atoms with Gasteiger partial charge >= 0.3 is 0 Å². The van der Waals surface area contributed by atoms with Crippen LogP contribution in [0.15, 0.2) is 0 Å². The molecule has 4 atom stereocenters. The van der Waals surface area contributed by atoms with Gasteiger partial charge in [-0.05, 0) is 19.4 Å². The molecule has 3 N–H and O–H groups in total. The molecule has 4 heteroatoms. The smallest absolute Gasteiger partial charge is 0.0991 e. The number of hydrogen-bond acceptors (Lipinski definition) is 4. The molecule has 0 aliphatic carbocycles. The van der Waals surface area contributed by atoms with Gasteiger partial charge in [0.1, 0.15) is 0 Å². The third kappa shape index (κ3) is 0.992. The summed E-state index contributed by atoms with van der Waals surface area (Å²) in [5.74, 6) is 0. The number of aliphatic hydroxyl groups excluding tert-OH is 3. The molecule has 12 heavy (non-hydrogen) atoms. The Labute approximate surface area is 71.4 Å². The second-order valence-electron chi connectivity index (χ2n) is 3.68. The van der Waals surface area contributed by atoms with E-state index in [0.29, 0.717) is 0 Å². The Morgan fingerprint density at radius 3 is 2.67 bits per heavy atom. The topological polar surface area (TPSA) is 63.9 Å². The summed E-state index contributed by atoms with van der Waals surface area (Å²) in [6.45, 7) is 0.832. The summed E-state index contributed by atoms with van der Waals surface area (Å²) >= 11 is 0. The van der Waals surface area contributed by atoms with Crippen molar-refractivity contribution in [1.82, 2.24) is 4.90 Å². The van der Waals surface area contributed by atoms with E-state index < -0.39 is 12.2 Å². The maximum atomic E-state index is 9.57. The highest BCUT2D eigenvalue weighted by molar-refractivity contribution is 5.03. The third-order valence-electron chi connectivity index (χ3n) is 3.09. The van der Waals surface area contributed by atoms with Gasteiger partial charge in [-0.25, -0.2) is 0 Å². The molecule has 0 radical (unpaired) electrons. The van der Waals surface area contributed by atoms with E-state index in [-0.39, 0.29) is 18.7 Å². The highest BCUT2D eigenvalue weighted by Gasteiger charge is 2.48. The van der Waals surface area contributed by atoms with Crippen LogP contribution in [0.2, 0.25) is 0 Å². The van der Waals surface area contributed by atoms with Crippen molar-refractivity contribution in [2.45, 2.75) is 37.1 Å². The molecule has 70 valence electrons. The van der Waals surface area contributed by atoms with Gasteiger partial charge in [-0.15, -0.1) is 0 Å². The van der Waals surface area contributed by atoms with Gasteiger partial charge in [-0.1, -0.05) is 0 Å². The van der Waals surface area contributed by atoms with E-state index in [2.05, 4.69) is 0 Å². The highest BCUT2D eigenvalue weighted by atomic mass is 16.3. The van der Waals surface area contributed by atoms with Crippen molar-refractivity contribution in [2.24, 2.45) is 0 Å². The van der Waals surface area contributed by atoms with E-state index in [9.17, 15) is 10.2 Å². The number of rotatable bonds is 1. The average Bonchev–Trinajstić information content (AvgIpc) is 2.59. The first-order valence-corrected chi connectivity index (χ1v) is 4.48. The molecule has 0 saturated carbocycles. The molecule has 0 aromatic carbocycles. The van der Waals surface area contributed by atoms with E-state index in [1.807, 2.05) is 4.90 Å². The molecule has 0 bridgehead atoms. The van der Waals surface area contributed by atoms with E-state index in [1.165, 1.54) is 0 Å². The van der Waals surface area contributed by atoms with Gasteiger partial charge in [0.25, 0.3) is 0 Å². The minimum Gasteiger partial charge on any atom is -0.395 e. The lowest BCUT2D eigenvalue weighted by molar-refractivity contribution is 0.0154. The zero-order valence-corrected chi connectivity index (χ0v) is 6.93. The lowest BCUT2D eigenvalue weighted by Gasteiger charge is -2.21. The van der Waals surface area contributed by atoms with Crippen LogP contribution in [0.1, 0.15) is 12.8 Å². The normalized spacial score (nSPS) is 48.2. The van der Waals surface area contributed by atoms with Crippen LogP contribution in [0.3, 0.4) is 0 Å². The van der Waals surface area contributed by atoms with Crippen molar-refractivity contribution in [3.8, 4) is 0 Å². The van der Waals surface area contributed by atoms with E-state index in [0.717, 1.165) is 19.4 Å². The van der Waals surface area contributed by atoms with Gasteiger partial charge in [-0.3, -0.25) is 4.90 Å². The maximum absolute atomic E-state index is 9.57. The lowest BCUT2D eigenvalue weighted by Crippen LogP contribution is -2.38. The van der Waals surface area contributed by atoms with Crippen LogP contribution >= 0.6 is 0 Å². The van der Waals surface area contributed by atoms with Crippen LogP contribution in [0.5, 0.6) is 0 Å². The monoisotopic (exact) mass is 173 g/mol. The van der Waals surface area contributed by atoms with Crippen LogP contribution in [0, 0.1) is 0 Å². The van der Waals surface area contributed by atoms with Crippen molar-refractivity contribution in [1.29, 1.82) is 0 Å². The molecule has 2 saturated heterocycles. The maximum Gasteiger partial charge on any atom is 0.0991 e. The van der Waals surface area contributed by atoms with E-state index in [1.54, 1.807) is 0 Å². The minimum absolute atomic E-state index is 0.0608. The highest BCUT2D eigenvalue weighted by Crippen LogP contribution is 2.32. The quantitative estimate of drug-likeness (QED) is 0.454. The van der Waals surface area contributed by atoms with Gasteiger partial charge < -0.3 is 15.3 Å². The Bertz CT molecular complexity index is 174. The average molecular weight is 173 g/mol. The number of aliphatic hydroxyl groups is 3. The number of nitrogens with zero attached hydrogens (tertiary/aromatic N) is 1. The van der Waals surface area contributed by atoms with Gasteiger partial charge in [0.15, 0.2) is 0 Å². The summed E-state index contributed by atoms with van der Waals surface area (Å²) in [7, 11) is 0. The summed E-state index contributed by atoms with van der Waals surface area (Å²) in [4.78, 5) is 2.02. The first kappa shape index (κ1) is 8.44. The Morgan fingerprint density at radius 1 is 1.25 bits per heavy atom. The fraction of sp³-hybridized carbons (Fsp3) is 1.00. The molecule has 0 amide bonds. The molecule has 2 fully saturated rings. The van der Waals surface area contributed by atoms with Crippen molar-refractivity contribution >= 4 is 0 Å². The van der Waals surface area contributed by atoms with E-state index >= 15 is 0 Å². The zero-order valence-electron chi connectivity index (χ0n) is 6.93. The van der Waals surface area contributed by atoms with Crippen LogP contribution in [0.25, 0.3) is 0 Å². The molecular formula is C8H15NO3. The minimum atomic E-state index is -0.764. The number of hydrogen-bond donors (Lipinski definition) is 3. The van der Waals surface area contributed by atoms with Crippen LogP contribution in [0.4, 0.5) is 0 Å². The van der Waals surface area contributed by atoms with Crippen LogP contribution in [-0.4, -0.2) is 57.7 Å². The largest absolute Gasteiger partial charge is 0.395 e. The molecule has 0 aromatic rings. The predicted octanol–water partition coefficient (Wildman–Crippen LogP) is -1.45. The summed E-state index contributed by atoms with van der Waals surface area (Å²) in [5.41, 5.74) is 0. The molecule has 0 unspecified atom stereocenters. The van der Waals surface area contributed by atoms with Crippen LogP contribution < -0.4 is 0 Å². The Hall–Kier alpha value is -0.160. The molecule has 2 heterocycles. The van der Waals surface area contributed by atoms with Crippen molar-refractivity contribution in [3.05, 3.63) is 0 Å². The van der Waals surface area contributed by atoms with Crippen molar-refractivity contribution in [3.63, 3.8) is 0 Å². The SMILES string of the molecule is OC[C@H]1[C@@H](O)[C@H](O)[C@H]2CCCN21. The third-order valence-corrected chi connectivity index (χ3v) is 3.09. The second kappa shape index (κ2) is 2.96. The molecule has 2 aliphatic heterocycles. The lowest BCUT2D eigenvalue weighted by atomic mass is 10.1. The summed E-state index contributed by atoms with van der Waals surface area (Å²) in [6.07, 6.45) is 0.574. The number of fused-ring (bicyclic) bond motifs is 1. The molecular weight excluding hydrogens is 158 g/mol. The first-order chi connectivity index (χ1) is 5.75. The summed E-state index contributed by atoms with van der Waals surface area (Å²) in [6, 6.07) is -0.162. The molecule has 0 spiro atoms. The molecule has 4 nitrogen and oxygen atoms in total. The van der Waals surface area contributed by atoms with Crippen molar-refractivity contribution in [2.75, 3.05) is 13.2 Å². The molecule has 2 aliphatic rings. The second-order valence-corrected chi connectivity index (χ2v) is 3.68. The van der Waals surface area contributed by atoms with Gasteiger partial charge in [-0.2, -0.15) is 0 Å².